The van der Waals surface area contributed by atoms with Crippen LogP contribution >= 0.6 is 0 Å². The Labute approximate surface area is 180 Å². The van der Waals surface area contributed by atoms with Gasteiger partial charge in [-0.2, -0.15) is 6.42 Å². The fourth-order valence-corrected chi connectivity index (χ4v) is 1.79. The molecule has 1 aromatic rings. The van der Waals surface area contributed by atoms with Gasteiger partial charge in [0.25, 0.3) is 0 Å². The molecule has 28 heavy (non-hydrogen) atoms. The van der Waals surface area contributed by atoms with Crippen LogP contribution in [-0.2, 0) is 11.2 Å². The Balaban J connectivity index is 0. The van der Waals surface area contributed by atoms with Crippen LogP contribution in [0.5, 0.6) is 0 Å². The normalized spacial score (nSPS) is 10.9. The standard InChI is InChI=1S/C16H24N2O5.C4H9.Li/c1-15(2,3)23-14(21)18-12-7-6-10(13(19)20)11(17-12)8-9-16(4,5)22;1-3-4-2;/h6-7,22H,8-9H2,1-5H3,(H,19,20)(H,17,18,21);1,3-4H2,2H3;/q;-1;+1. The maximum Gasteiger partial charge on any atom is 1.00 e. The van der Waals surface area contributed by atoms with Gasteiger partial charge in [0.1, 0.15) is 11.4 Å². The van der Waals surface area contributed by atoms with Crippen LogP contribution in [-0.4, -0.2) is 38.5 Å². The van der Waals surface area contributed by atoms with Crippen LogP contribution in [0.3, 0.4) is 0 Å². The van der Waals surface area contributed by atoms with Crippen molar-refractivity contribution in [3.05, 3.63) is 30.3 Å². The quantitative estimate of drug-likeness (QED) is 0.503. The summed E-state index contributed by atoms with van der Waals surface area (Å²) in [4.78, 5) is 27.2. The molecule has 0 aliphatic heterocycles. The Kier molecular flexibility index (Phi) is 13.1. The maximum absolute atomic E-state index is 11.7. The number of carboxylic acid groups (broad SMARTS) is 1. The van der Waals surface area contributed by atoms with Crippen molar-refractivity contribution in [3.8, 4) is 0 Å². The number of carboxylic acids is 1. The molecule has 0 saturated carbocycles. The molecular weight excluding hydrogens is 355 g/mol. The molecular formula is C20H33LiN2O5. The average molecular weight is 388 g/mol. The molecule has 7 nitrogen and oxygen atoms in total. The Bertz CT molecular complexity index is 620. The summed E-state index contributed by atoms with van der Waals surface area (Å²) in [5, 5.41) is 21.5. The third-order valence-electron chi connectivity index (χ3n) is 3.16. The first-order valence-electron chi connectivity index (χ1n) is 9.04. The molecule has 0 spiro atoms. The van der Waals surface area contributed by atoms with Gasteiger partial charge in [0, 0.05) is 0 Å². The Hall–Kier alpha value is -1.55. The topological polar surface area (TPSA) is 109 Å². The number of pyridine rings is 1. The number of hydrogen-bond donors (Lipinski definition) is 3. The summed E-state index contributed by atoms with van der Waals surface area (Å²) in [6.45, 7) is 14.2. The molecule has 0 aliphatic rings. The molecule has 0 bridgehead atoms. The molecule has 3 N–H and O–H groups in total. The first-order valence-corrected chi connectivity index (χ1v) is 9.04. The summed E-state index contributed by atoms with van der Waals surface area (Å²) < 4.78 is 5.13. The molecule has 0 radical (unpaired) electrons. The van der Waals surface area contributed by atoms with Gasteiger partial charge in [-0.05, 0) is 59.6 Å². The number of aromatic nitrogens is 1. The van der Waals surface area contributed by atoms with Crippen molar-refractivity contribution in [2.75, 3.05) is 5.32 Å². The fraction of sp³-hybridized carbons (Fsp3) is 0.600. The number of amides is 1. The number of hydrogen-bond acceptors (Lipinski definition) is 5. The number of anilines is 1. The Morgan fingerprint density at radius 1 is 1.21 bits per heavy atom. The SMILES string of the molecule is CC(C)(O)CCc1nc(NC(=O)OC(C)(C)C)ccc1C(=O)O.[CH2-]CCC.[Li+]. The number of nitrogens with one attached hydrogen (secondary N) is 1. The van der Waals surface area contributed by atoms with Crippen molar-refractivity contribution in [3.63, 3.8) is 0 Å². The summed E-state index contributed by atoms with van der Waals surface area (Å²) in [6.07, 6.45) is 2.23. The second-order valence-electron chi connectivity index (χ2n) is 7.79. The number of ether oxygens (including phenoxy) is 1. The second kappa shape index (κ2) is 12.8. The molecule has 0 fully saturated rings. The van der Waals surface area contributed by atoms with Crippen molar-refractivity contribution >= 4 is 17.9 Å². The van der Waals surface area contributed by atoms with Crippen LogP contribution in [0.2, 0.25) is 0 Å². The van der Waals surface area contributed by atoms with Gasteiger partial charge < -0.3 is 21.9 Å². The van der Waals surface area contributed by atoms with Gasteiger partial charge in [-0.15, -0.1) is 0 Å². The Morgan fingerprint density at radius 2 is 1.75 bits per heavy atom. The minimum Gasteiger partial charge on any atom is -0.478 e. The third kappa shape index (κ3) is 13.6. The van der Waals surface area contributed by atoms with Gasteiger partial charge in [0.05, 0.1) is 16.9 Å². The number of carbonyl (C=O) groups is 2. The molecule has 8 heteroatoms. The van der Waals surface area contributed by atoms with E-state index < -0.39 is 23.3 Å². The van der Waals surface area contributed by atoms with E-state index in [0.717, 1.165) is 6.42 Å². The smallest absolute Gasteiger partial charge is 0.478 e. The maximum atomic E-state index is 11.7. The second-order valence-corrected chi connectivity index (χ2v) is 7.79. The van der Waals surface area contributed by atoms with Crippen LogP contribution < -0.4 is 24.2 Å². The number of aliphatic hydroxyl groups is 1. The molecule has 154 valence electrons. The van der Waals surface area contributed by atoms with E-state index in [1.807, 2.05) is 0 Å². The molecule has 0 saturated heterocycles. The third-order valence-corrected chi connectivity index (χ3v) is 3.16. The van der Waals surface area contributed by atoms with Crippen LogP contribution in [0.15, 0.2) is 12.1 Å². The van der Waals surface area contributed by atoms with E-state index >= 15 is 0 Å². The Morgan fingerprint density at radius 3 is 2.14 bits per heavy atom. The number of carbonyl (C=O) groups excluding carboxylic acids is 1. The van der Waals surface area contributed by atoms with Crippen molar-refractivity contribution < 1.29 is 43.4 Å². The van der Waals surface area contributed by atoms with Gasteiger partial charge in [0.15, 0.2) is 0 Å². The minimum absolute atomic E-state index is 0. The zero-order valence-corrected chi connectivity index (χ0v) is 18.3. The van der Waals surface area contributed by atoms with Gasteiger partial charge in [-0.25, -0.2) is 14.6 Å². The number of aromatic carboxylic acids is 1. The van der Waals surface area contributed by atoms with Crippen molar-refractivity contribution in [1.82, 2.24) is 4.98 Å². The number of aryl methyl sites for hydroxylation is 1. The molecule has 1 heterocycles. The van der Waals surface area contributed by atoms with E-state index in [4.69, 9.17) is 4.74 Å². The van der Waals surface area contributed by atoms with E-state index in [-0.39, 0.29) is 36.7 Å². The van der Waals surface area contributed by atoms with Crippen molar-refractivity contribution in [2.24, 2.45) is 0 Å². The van der Waals surface area contributed by atoms with Crippen LogP contribution in [0.1, 0.15) is 76.9 Å². The average Bonchev–Trinajstić information content (AvgIpc) is 2.50. The molecule has 0 atom stereocenters. The summed E-state index contributed by atoms with van der Waals surface area (Å²) in [5.41, 5.74) is -1.24. The van der Waals surface area contributed by atoms with Crippen LogP contribution in [0.25, 0.3) is 0 Å². The molecule has 0 aromatic carbocycles. The molecule has 0 unspecified atom stereocenters. The van der Waals surface area contributed by atoms with Gasteiger partial charge in [0.2, 0.25) is 0 Å². The largest absolute Gasteiger partial charge is 1.00 e. The summed E-state index contributed by atoms with van der Waals surface area (Å²) in [5.74, 6) is -0.901. The van der Waals surface area contributed by atoms with E-state index in [1.54, 1.807) is 34.6 Å². The van der Waals surface area contributed by atoms with Gasteiger partial charge in [-0.1, -0.05) is 13.3 Å². The van der Waals surface area contributed by atoms with Crippen LogP contribution in [0, 0.1) is 6.92 Å². The first-order chi connectivity index (χ1) is 12.3. The summed E-state index contributed by atoms with van der Waals surface area (Å²) in [7, 11) is 0. The molecule has 0 aliphatic carbocycles. The zero-order valence-electron chi connectivity index (χ0n) is 18.3. The van der Waals surface area contributed by atoms with Crippen LogP contribution in [0.4, 0.5) is 10.6 Å². The summed E-state index contributed by atoms with van der Waals surface area (Å²) in [6, 6.07) is 2.78. The molecule has 1 aromatic heterocycles. The van der Waals surface area contributed by atoms with E-state index in [9.17, 15) is 19.8 Å². The number of rotatable bonds is 6. The first kappa shape index (κ1) is 28.7. The summed E-state index contributed by atoms with van der Waals surface area (Å²) >= 11 is 0. The fourth-order valence-electron chi connectivity index (χ4n) is 1.79. The minimum atomic E-state index is -1.10. The van der Waals surface area contributed by atoms with Crippen molar-refractivity contribution in [1.29, 1.82) is 0 Å². The number of unbranched alkanes of at least 4 members (excludes halogenated alkanes) is 1. The monoisotopic (exact) mass is 388 g/mol. The van der Waals surface area contributed by atoms with E-state index in [2.05, 4.69) is 24.1 Å². The number of nitrogens with zero attached hydrogens (tertiary/aromatic N) is 1. The van der Waals surface area contributed by atoms with Gasteiger partial charge in [-0.3, -0.25) is 5.32 Å². The van der Waals surface area contributed by atoms with E-state index in [0.29, 0.717) is 12.1 Å². The van der Waals surface area contributed by atoms with Gasteiger partial charge >= 0.3 is 30.9 Å². The molecule has 1 amide bonds. The molecule has 1 rings (SSSR count). The zero-order chi connectivity index (χ0) is 21.3. The predicted molar refractivity (Wildman–Crippen MR) is 106 cm³/mol. The predicted octanol–water partition coefficient (Wildman–Crippen LogP) is 1.45. The van der Waals surface area contributed by atoms with E-state index in [1.165, 1.54) is 18.6 Å². The van der Waals surface area contributed by atoms with Crippen molar-refractivity contribution in [2.45, 2.75) is 78.4 Å².